The van der Waals surface area contributed by atoms with Crippen LogP contribution < -0.4 is 0 Å². The molecule has 2 aromatic heterocycles. The smallest absolute Gasteiger partial charge is 0.160 e. The molecule has 3 rings (SSSR count). The van der Waals surface area contributed by atoms with Crippen molar-refractivity contribution in [1.82, 2.24) is 15.0 Å². The van der Waals surface area contributed by atoms with Crippen molar-refractivity contribution in [2.24, 2.45) is 0 Å². The molecule has 4 heteroatoms. The number of phenolic OH excluding ortho intramolecular Hbond substituents is 1. The average molecular weight is 319 g/mol. The molecular formula is C20H21N3O. The molecule has 1 N–H and O–H groups in total. The normalized spacial score (nSPS) is 10.7. The maximum atomic E-state index is 9.35. The molecule has 122 valence electrons. The first kappa shape index (κ1) is 16.1. The van der Waals surface area contributed by atoms with Crippen LogP contribution in [-0.4, -0.2) is 20.1 Å². The summed E-state index contributed by atoms with van der Waals surface area (Å²) in [5.41, 5.74) is 3.90. The number of nitrogens with zero attached hydrogens (tertiary/aromatic N) is 3. The molecule has 0 bridgehead atoms. The summed E-state index contributed by atoms with van der Waals surface area (Å²) < 4.78 is 0. The van der Waals surface area contributed by atoms with E-state index in [0.717, 1.165) is 23.2 Å². The lowest BCUT2D eigenvalue weighted by Gasteiger charge is -2.04. The largest absolute Gasteiger partial charge is 0.508 e. The Hall–Kier alpha value is -2.75. The molecule has 1 aromatic carbocycles. The summed E-state index contributed by atoms with van der Waals surface area (Å²) >= 11 is 0. The quantitative estimate of drug-likeness (QED) is 0.672. The van der Waals surface area contributed by atoms with E-state index in [4.69, 9.17) is 0 Å². The third-order valence-electron chi connectivity index (χ3n) is 3.96. The van der Waals surface area contributed by atoms with Gasteiger partial charge in [0, 0.05) is 29.7 Å². The third-order valence-corrected chi connectivity index (χ3v) is 3.96. The highest BCUT2D eigenvalue weighted by Crippen LogP contribution is 2.22. The fraction of sp³-hybridized carbons (Fsp3) is 0.250. The summed E-state index contributed by atoms with van der Waals surface area (Å²) in [4.78, 5) is 13.4. The zero-order valence-corrected chi connectivity index (χ0v) is 13.8. The van der Waals surface area contributed by atoms with Gasteiger partial charge in [-0.15, -0.1) is 0 Å². The van der Waals surface area contributed by atoms with Crippen molar-refractivity contribution in [2.45, 2.75) is 32.6 Å². The van der Waals surface area contributed by atoms with E-state index >= 15 is 0 Å². The van der Waals surface area contributed by atoms with E-state index in [1.807, 2.05) is 36.7 Å². The second kappa shape index (κ2) is 7.68. The molecule has 0 fully saturated rings. The van der Waals surface area contributed by atoms with E-state index in [0.29, 0.717) is 5.82 Å². The average Bonchev–Trinajstić information content (AvgIpc) is 2.63. The van der Waals surface area contributed by atoms with Crippen molar-refractivity contribution in [3.05, 3.63) is 60.6 Å². The molecule has 0 saturated carbocycles. The summed E-state index contributed by atoms with van der Waals surface area (Å²) in [5, 5.41) is 9.35. The van der Waals surface area contributed by atoms with Crippen LogP contribution in [0.2, 0.25) is 0 Å². The number of aromatic hydroxyl groups is 1. The Kier molecular flexibility index (Phi) is 5.16. The van der Waals surface area contributed by atoms with Gasteiger partial charge in [0.1, 0.15) is 5.75 Å². The van der Waals surface area contributed by atoms with E-state index in [-0.39, 0.29) is 5.75 Å². The van der Waals surface area contributed by atoms with E-state index < -0.39 is 0 Å². The molecule has 2 heterocycles. The Morgan fingerprint density at radius 3 is 2.12 bits per heavy atom. The first-order valence-corrected chi connectivity index (χ1v) is 8.33. The van der Waals surface area contributed by atoms with E-state index in [2.05, 4.69) is 21.9 Å². The summed E-state index contributed by atoms with van der Waals surface area (Å²) in [6.07, 6.45) is 10.3. The Morgan fingerprint density at radius 2 is 1.50 bits per heavy atom. The van der Waals surface area contributed by atoms with Crippen molar-refractivity contribution in [1.29, 1.82) is 0 Å². The summed E-state index contributed by atoms with van der Waals surface area (Å²) in [6.45, 7) is 2.20. The second-order valence-corrected chi connectivity index (χ2v) is 5.85. The van der Waals surface area contributed by atoms with Gasteiger partial charge in [0.05, 0.1) is 5.69 Å². The highest BCUT2D eigenvalue weighted by atomic mass is 16.3. The lowest BCUT2D eigenvalue weighted by Crippen LogP contribution is -1.94. The minimum absolute atomic E-state index is 0.253. The lowest BCUT2D eigenvalue weighted by molar-refractivity contribution is 0.475. The van der Waals surface area contributed by atoms with Crippen LogP contribution in [0.25, 0.3) is 22.6 Å². The van der Waals surface area contributed by atoms with E-state index in [9.17, 15) is 5.11 Å². The van der Waals surface area contributed by atoms with Gasteiger partial charge in [-0.05, 0) is 54.8 Å². The number of aryl methyl sites for hydroxylation is 1. The SMILES string of the molecule is CCCCCc1cnc(-c2ccc(-c3ccc(O)cc3)nc2)nc1. The van der Waals surface area contributed by atoms with Gasteiger partial charge in [0.25, 0.3) is 0 Å². The fourth-order valence-corrected chi connectivity index (χ4v) is 2.54. The number of hydrogen-bond acceptors (Lipinski definition) is 4. The molecular weight excluding hydrogens is 298 g/mol. The van der Waals surface area contributed by atoms with Gasteiger partial charge < -0.3 is 5.11 Å². The molecule has 3 aromatic rings. The van der Waals surface area contributed by atoms with Gasteiger partial charge in [-0.25, -0.2) is 9.97 Å². The highest BCUT2D eigenvalue weighted by Gasteiger charge is 2.04. The molecule has 0 aliphatic carbocycles. The minimum Gasteiger partial charge on any atom is -0.508 e. The van der Waals surface area contributed by atoms with Crippen LogP contribution in [0.15, 0.2) is 55.0 Å². The molecule has 0 spiro atoms. The van der Waals surface area contributed by atoms with Crippen molar-refractivity contribution < 1.29 is 5.11 Å². The van der Waals surface area contributed by atoms with Crippen LogP contribution in [0, 0.1) is 0 Å². The van der Waals surface area contributed by atoms with Crippen LogP contribution in [0.3, 0.4) is 0 Å². The number of unbranched alkanes of at least 4 members (excludes halogenated alkanes) is 2. The molecule has 0 aliphatic heterocycles. The number of benzene rings is 1. The molecule has 0 saturated heterocycles. The lowest BCUT2D eigenvalue weighted by atomic mass is 10.1. The molecule has 0 amide bonds. The maximum Gasteiger partial charge on any atom is 0.160 e. The second-order valence-electron chi connectivity index (χ2n) is 5.85. The Labute approximate surface area is 142 Å². The zero-order chi connectivity index (χ0) is 16.8. The Balaban J connectivity index is 1.72. The monoisotopic (exact) mass is 319 g/mol. The van der Waals surface area contributed by atoms with Crippen LogP contribution in [-0.2, 0) is 6.42 Å². The van der Waals surface area contributed by atoms with Crippen LogP contribution in [0.5, 0.6) is 5.75 Å². The molecule has 0 unspecified atom stereocenters. The summed E-state index contributed by atoms with van der Waals surface area (Å²) in [6, 6.07) is 10.9. The first-order chi connectivity index (χ1) is 11.8. The van der Waals surface area contributed by atoms with E-state index in [1.54, 1.807) is 18.3 Å². The number of aromatic nitrogens is 3. The van der Waals surface area contributed by atoms with Gasteiger partial charge >= 0.3 is 0 Å². The highest BCUT2D eigenvalue weighted by molar-refractivity contribution is 5.63. The van der Waals surface area contributed by atoms with E-state index in [1.165, 1.54) is 24.8 Å². The number of phenols is 1. The fourth-order valence-electron chi connectivity index (χ4n) is 2.54. The van der Waals surface area contributed by atoms with Crippen molar-refractivity contribution in [3.8, 4) is 28.4 Å². The predicted octanol–water partition coefficient (Wildman–Crippen LogP) is 4.64. The predicted molar refractivity (Wildman–Crippen MR) is 95.6 cm³/mol. The number of hydrogen-bond donors (Lipinski definition) is 1. The molecule has 0 aliphatic rings. The van der Waals surface area contributed by atoms with Crippen LogP contribution in [0.1, 0.15) is 31.7 Å². The summed E-state index contributed by atoms with van der Waals surface area (Å²) in [5.74, 6) is 0.946. The van der Waals surface area contributed by atoms with Crippen LogP contribution in [0.4, 0.5) is 0 Å². The van der Waals surface area contributed by atoms with Crippen LogP contribution >= 0.6 is 0 Å². The topological polar surface area (TPSA) is 58.9 Å². The van der Waals surface area contributed by atoms with Gasteiger partial charge in [-0.3, -0.25) is 4.98 Å². The van der Waals surface area contributed by atoms with Crippen molar-refractivity contribution in [3.63, 3.8) is 0 Å². The first-order valence-electron chi connectivity index (χ1n) is 8.33. The standard InChI is InChI=1S/C20H21N3O/c1-2-3-4-5-15-12-22-20(23-13-15)17-8-11-19(21-14-17)16-6-9-18(24)10-7-16/h6-14,24H,2-5H2,1H3. The van der Waals surface area contributed by atoms with Gasteiger partial charge in [-0.1, -0.05) is 19.8 Å². The third kappa shape index (κ3) is 3.96. The van der Waals surface area contributed by atoms with Gasteiger partial charge in [0.2, 0.25) is 0 Å². The Morgan fingerprint density at radius 1 is 0.792 bits per heavy atom. The molecule has 24 heavy (non-hydrogen) atoms. The molecule has 0 atom stereocenters. The summed E-state index contributed by atoms with van der Waals surface area (Å²) in [7, 11) is 0. The minimum atomic E-state index is 0.253. The zero-order valence-electron chi connectivity index (χ0n) is 13.8. The Bertz CT molecular complexity index is 765. The van der Waals surface area contributed by atoms with Crippen molar-refractivity contribution in [2.75, 3.05) is 0 Å². The van der Waals surface area contributed by atoms with Gasteiger partial charge in [-0.2, -0.15) is 0 Å². The number of rotatable bonds is 6. The molecule has 4 nitrogen and oxygen atoms in total. The number of pyridine rings is 1. The maximum absolute atomic E-state index is 9.35. The van der Waals surface area contributed by atoms with Gasteiger partial charge in [0.15, 0.2) is 5.82 Å². The molecule has 0 radical (unpaired) electrons. The van der Waals surface area contributed by atoms with Crippen molar-refractivity contribution >= 4 is 0 Å².